The van der Waals surface area contributed by atoms with Gasteiger partial charge in [-0.2, -0.15) is 0 Å². The first-order valence-electron chi connectivity index (χ1n) is 13.8. The van der Waals surface area contributed by atoms with E-state index >= 15 is 0 Å². The Balaban J connectivity index is 3.03. The van der Waals surface area contributed by atoms with Crippen LogP contribution in [0.15, 0.2) is 0 Å². The molecule has 0 bridgehead atoms. The van der Waals surface area contributed by atoms with Gasteiger partial charge in [-0.25, -0.2) is 0 Å². The Morgan fingerprint density at radius 1 is 0.455 bits per heavy atom. The minimum Gasteiger partial charge on any atom is -0.466 e. The molecule has 0 heterocycles. The molecule has 6 nitrogen and oxygen atoms in total. The predicted molar refractivity (Wildman–Crippen MR) is 135 cm³/mol. The molecule has 0 aliphatic carbocycles. The van der Waals surface area contributed by atoms with E-state index in [0.29, 0.717) is 52.9 Å². The van der Waals surface area contributed by atoms with E-state index in [1.54, 1.807) is 6.92 Å². The Labute approximate surface area is 204 Å². The average molecular weight is 475 g/mol. The fourth-order valence-corrected chi connectivity index (χ4v) is 3.55. The van der Waals surface area contributed by atoms with Gasteiger partial charge in [0.1, 0.15) is 0 Å². The molecule has 0 fully saturated rings. The number of hydrogen-bond donors (Lipinski definition) is 0. The zero-order chi connectivity index (χ0) is 24.1. The van der Waals surface area contributed by atoms with E-state index in [2.05, 4.69) is 6.92 Å². The van der Waals surface area contributed by atoms with Gasteiger partial charge >= 0.3 is 5.97 Å². The number of rotatable bonds is 28. The highest BCUT2D eigenvalue weighted by Gasteiger charge is 2.00. The third-order valence-electron chi connectivity index (χ3n) is 5.51. The van der Waals surface area contributed by atoms with Crippen LogP contribution in [0.4, 0.5) is 0 Å². The molecule has 198 valence electrons. The zero-order valence-electron chi connectivity index (χ0n) is 21.9. The Hall–Kier alpha value is -0.690. The van der Waals surface area contributed by atoms with Crippen LogP contribution in [0.25, 0.3) is 0 Å². The average Bonchev–Trinajstić information content (AvgIpc) is 2.81. The van der Waals surface area contributed by atoms with Gasteiger partial charge < -0.3 is 23.7 Å². The number of carbonyl (C=O) groups is 1. The van der Waals surface area contributed by atoms with Crippen molar-refractivity contribution in [2.24, 2.45) is 0 Å². The SMILES string of the molecule is CCCCCCCCCCCCCCCCOCCOCCOCCOCCC(=O)OCC. The van der Waals surface area contributed by atoms with E-state index < -0.39 is 0 Å². The van der Waals surface area contributed by atoms with Gasteiger partial charge in [0, 0.05) is 6.61 Å². The van der Waals surface area contributed by atoms with Crippen LogP contribution in [0.3, 0.4) is 0 Å². The van der Waals surface area contributed by atoms with Gasteiger partial charge in [-0.15, -0.1) is 0 Å². The van der Waals surface area contributed by atoms with Crippen LogP contribution in [0.2, 0.25) is 0 Å². The number of ether oxygens (including phenoxy) is 5. The first kappa shape index (κ1) is 32.3. The smallest absolute Gasteiger partial charge is 0.308 e. The summed E-state index contributed by atoms with van der Waals surface area (Å²) < 4.78 is 26.7. The molecule has 0 saturated carbocycles. The maximum atomic E-state index is 11.1. The Morgan fingerprint density at radius 3 is 1.24 bits per heavy atom. The summed E-state index contributed by atoms with van der Waals surface area (Å²) in [6.45, 7) is 9.02. The molecule has 0 aliphatic rings. The maximum absolute atomic E-state index is 11.1. The van der Waals surface area contributed by atoms with Crippen LogP contribution < -0.4 is 0 Å². The van der Waals surface area contributed by atoms with Crippen molar-refractivity contribution < 1.29 is 28.5 Å². The standard InChI is InChI=1S/C27H54O6/c1-3-5-6-7-8-9-10-11-12-13-14-15-16-17-19-29-21-23-31-25-26-32-24-22-30-20-18-27(28)33-4-2/h3-26H2,1-2H3. The van der Waals surface area contributed by atoms with E-state index in [4.69, 9.17) is 23.7 Å². The summed E-state index contributed by atoms with van der Waals surface area (Å²) >= 11 is 0. The van der Waals surface area contributed by atoms with Gasteiger partial charge in [0.2, 0.25) is 0 Å². The molecule has 0 rings (SSSR count). The molecule has 33 heavy (non-hydrogen) atoms. The van der Waals surface area contributed by atoms with Crippen molar-refractivity contribution in [2.45, 2.75) is 110 Å². The number of unbranched alkanes of at least 4 members (excludes halogenated alkanes) is 13. The lowest BCUT2D eigenvalue weighted by atomic mass is 10.0. The van der Waals surface area contributed by atoms with Crippen LogP contribution >= 0.6 is 0 Å². The zero-order valence-corrected chi connectivity index (χ0v) is 21.9. The second kappa shape index (κ2) is 29.3. The van der Waals surface area contributed by atoms with Crippen molar-refractivity contribution in [3.05, 3.63) is 0 Å². The molecule has 0 N–H and O–H groups in total. The van der Waals surface area contributed by atoms with E-state index in [9.17, 15) is 4.79 Å². The van der Waals surface area contributed by atoms with Gasteiger partial charge in [0.15, 0.2) is 0 Å². The van der Waals surface area contributed by atoms with E-state index in [0.717, 1.165) is 13.0 Å². The Morgan fingerprint density at radius 2 is 0.818 bits per heavy atom. The van der Waals surface area contributed by atoms with Crippen molar-refractivity contribution in [2.75, 3.05) is 59.5 Å². The van der Waals surface area contributed by atoms with Gasteiger partial charge in [-0.3, -0.25) is 4.79 Å². The van der Waals surface area contributed by atoms with E-state index in [-0.39, 0.29) is 12.4 Å². The Bertz CT molecular complexity index is 378. The molecular formula is C27H54O6. The monoisotopic (exact) mass is 474 g/mol. The fraction of sp³-hybridized carbons (Fsp3) is 0.963. The van der Waals surface area contributed by atoms with Crippen molar-refractivity contribution in [3.8, 4) is 0 Å². The largest absolute Gasteiger partial charge is 0.466 e. The second-order valence-corrected chi connectivity index (χ2v) is 8.60. The summed E-state index contributed by atoms with van der Waals surface area (Å²) in [6.07, 6.45) is 19.6. The third-order valence-corrected chi connectivity index (χ3v) is 5.51. The summed E-state index contributed by atoms with van der Waals surface area (Å²) in [5.41, 5.74) is 0. The molecule has 0 atom stereocenters. The highest BCUT2D eigenvalue weighted by molar-refractivity contribution is 5.69. The highest BCUT2D eigenvalue weighted by atomic mass is 16.6. The molecule has 0 aromatic carbocycles. The summed E-state index contributed by atoms with van der Waals surface area (Å²) in [5, 5.41) is 0. The third kappa shape index (κ3) is 29.3. The summed E-state index contributed by atoms with van der Waals surface area (Å²) in [7, 11) is 0. The minimum atomic E-state index is -0.224. The van der Waals surface area contributed by atoms with Crippen LogP contribution in [0, 0.1) is 0 Å². The van der Waals surface area contributed by atoms with Crippen molar-refractivity contribution in [1.82, 2.24) is 0 Å². The summed E-state index contributed by atoms with van der Waals surface area (Å²) in [6, 6.07) is 0. The predicted octanol–water partition coefficient (Wildman–Crippen LogP) is 6.49. The second-order valence-electron chi connectivity index (χ2n) is 8.60. The van der Waals surface area contributed by atoms with Gasteiger partial charge in [-0.1, -0.05) is 90.4 Å². The van der Waals surface area contributed by atoms with Crippen LogP contribution in [-0.4, -0.2) is 65.4 Å². The lowest BCUT2D eigenvalue weighted by Crippen LogP contribution is -2.13. The molecule has 0 aliphatic heterocycles. The molecule has 0 amide bonds. The van der Waals surface area contributed by atoms with Crippen molar-refractivity contribution in [1.29, 1.82) is 0 Å². The molecule has 6 heteroatoms. The van der Waals surface area contributed by atoms with E-state index in [1.807, 2.05) is 0 Å². The topological polar surface area (TPSA) is 63.2 Å². The number of carbonyl (C=O) groups excluding carboxylic acids is 1. The lowest BCUT2D eigenvalue weighted by molar-refractivity contribution is -0.144. The molecule has 0 unspecified atom stereocenters. The van der Waals surface area contributed by atoms with Gasteiger partial charge in [0.05, 0.1) is 59.3 Å². The number of esters is 1. The fourth-order valence-electron chi connectivity index (χ4n) is 3.55. The normalized spacial score (nSPS) is 11.2. The maximum Gasteiger partial charge on any atom is 0.308 e. The summed E-state index contributed by atoms with van der Waals surface area (Å²) in [5.74, 6) is -0.224. The van der Waals surface area contributed by atoms with Crippen LogP contribution in [0.1, 0.15) is 110 Å². The lowest BCUT2D eigenvalue weighted by Gasteiger charge is -2.07. The van der Waals surface area contributed by atoms with Gasteiger partial charge in [0.25, 0.3) is 0 Å². The number of hydrogen-bond acceptors (Lipinski definition) is 6. The Kier molecular flexibility index (Phi) is 28.7. The minimum absolute atomic E-state index is 0.224. The molecule has 0 aromatic heterocycles. The van der Waals surface area contributed by atoms with Crippen molar-refractivity contribution in [3.63, 3.8) is 0 Å². The highest BCUT2D eigenvalue weighted by Crippen LogP contribution is 2.12. The molecule has 0 saturated heterocycles. The molecule has 0 aromatic rings. The first-order valence-corrected chi connectivity index (χ1v) is 13.8. The molecule has 0 radical (unpaired) electrons. The van der Waals surface area contributed by atoms with E-state index in [1.165, 1.54) is 83.5 Å². The molecule has 0 spiro atoms. The quantitative estimate of drug-likeness (QED) is 0.0954. The van der Waals surface area contributed by atoms with Crippen LogP contribution in [-0.2, 0) is 28.5 Å². The first-order chi connectivity index (χ1) is 16.3. The molecular weight excluding hydrogens is 420 g/mol. The summed E-state index contributed by atoms with van der Waals surface area (Å²) in [4.78, 5) is 11.1. The van der Waals surface area contributed by atoms with Crippen molar-refractivity contribution >= 4 is 5.97 Å². The van der Waals surface area contributed by atoms with Gasteiger partial charge in [-0.05, 0) is 13.3 Å². The van der Waals surface area contributed by atoms with Crippen LogP contribution in [0.5, 0.6) is 0 Å².